The number of nitrogens with zero attached hydrogens (tertiary/aromatic N) is 2. The van der Waals surface area contributed by atoms with Gasteiger partial charge in [0.2, 0.25) is 5.82 Å². The molecule has 4 rings (SSSR count). The second-order valence-corrected chi connectivity index (χ2v) is 6.85. The van der Waals surface area contributed by atoms with Gasteiger partial charge >= 0.3 is 17.4 Å². The van der Waals surface area contributed by atoms with Crippen LogP contribution in [0.15, 0.2) is 68.3 Å². The zero-order valence-corrected chi connectivity index (χ0v) is 16.6. The normalized spacial score (nSPS) is 11.9. The maximum Gasteiger partial charge on any atom is 0.336 e. The minimum Gasteiger partial charge on any atom is -0.485 e. The quantitative estimate of drug-likeness (QED) is 0.436. The van der Waals surface area contributed by atoms with E-state index >= 15 is 0 Å². The number of ether oxygens (including phenoxy) is 1. The molecule has 4 aromatic rings. The lowest BCUT2D eigenvalue weighted by Crippen LogP contribution is -2.28. The van der Waals surface area contributed by atoms with Gasteiger partial charge in [0.05, 0.1) is 6.10 Å². The van der Waals surface area contributed by atoms with Crippen LogP contribution in [0.5, 0.6) is 5.75 Å². The molecule has 0 aliphatic carbocycles. The van der Waals surface area contributed by atoms with Crippen molar-refractivity contribution in [1.29, 1.82) is 0 Å². The number of carbonyl (C=O) groups excluding carboxylic acids is 1. The molecule has 0 aliphatic heterocycles. The van der Waals surface area contributed by atoms with Crippen molar-refractivity contribution in [3.63, 3.8) is 0 Å². The number of amides is 1. The maximum absolute atomic E-state index is 12.2. The van der Waals surface area contributed by atoms with Crippen LogP contribution >= 0.6 is 0 Å². The van der Waals surface area contributed by atoms with Crippen LogP contribution in [0.25, 0.3) is 11.0 Å². The number of aryl methyl sites for hydroxylation is 1. The number of hydrogen-bond donors (Lipinski definition) is 2. The monoisotopic (exact) mass is 421 g/mol. The smallest absolute Gasteiger partial charge is 0.336 e. The largest absolute Gasteiger partial charge is 0.485 e. The van der Waals surface area contributed by atoms with Gasteiger partial charge in [-0.2, -0.15) is 4.98 Å². The third-order valence-electron chi connectivity index (χ3n) is 4.59. The highest BCUT2D eigenvalue weighted by atomic mass is 16.5. The van der Waals surface area contributed by atoms with Crippen LogP contribution in [-0.4, -0.2) is 27.7 Å². The van der Waals surface area contributed by atoms with Crippen molar-refractivity contribution in [2.45, 2.75) is 19.6 Å². The van der Waals surface area contributed by atoms with E-state index in [1.54, 1.807) is 42.5 Å². The van der Waals surface area contributed by atoms with Gasteiger partial charge in [0.25, 0.3) is 0 Å². The summed E-state index contributed by atoms with van der Waals surface area (Å²) in [4.78, 5) is 27.7. The first kappa shape index (κ1) is 20.3. The molecule has 9 nitrogen and oxygen atoms in total. The molecule has 0 radical (unpaired) electrons. The Bertz CT molecular complexity index is 1270. The minimum atomic E-state index is -0.854. The highest BCUT2D eigenvalue weighted by Crippen LogP contribution is 2.22. The molecule has 1 amide bonds. The first-order valence-electron chi connectivity index (χ1n) is 9.51. The molecule has 0 fully saturated rings. The molecule has 0 saturated carbocycles. The van der Waals surface area contributed by atoms with Gasteiger partial charge in [-0.3, -0.25) is 4.79 Å². The predicted molar refractivity (Wildman–Crippen MR) is 110 cm³/mol. The average Bonchev–Trinajstić information content (AvgIpc) is 3.25. The van der Waals surface area contributed by atoms with Crippen LogP contribution in [0.3, 0.4) is 0 Å². The van der Waals surface area contributed by atoms with Crippen LogP contribution in [0.4, 0.5) is 0 Å². The van der Waals surface area contributed by atoms with Gasteiger partial charge in [0.15, 0.2) is 6.61 Å². The van der Waals surface area contributed by atoms with Gasteiger partial charge in [-0.25, -0.2) is 4.79 Å². The third-order valence-corrected chi connectivity index (χ3v) is 4.59. The summed E-state index contributed by atoms with van der Waals surface area (Å²) >= 11 is 0. The Morgan fingerprint density at radius 3 is 2.81 bits per heavy atom. The standard InChI is InChI=1S/C22H19N3O6/c1-13-9-20(27)30-18-10-15(7-8-16(13)18)29-12-19-24-22(31-25-19)21(28)23-11-17(26)14-5-3-2-4-6-14/h2-10,17,26H,11-12H2,1H3,(H,23,28). The molecule has 2 aromatic heterocycles. The van der Waals surface area contributed by atoms with Crippen LogP contribution in [0.2, 0.25) is 0 Å². The van der Waals surface area contributed by atoms with E-state index in [0.717, 1.165) is 10.9 Å². The second-order valence-electron chi connectivity index (χ2n) is 6.85. The Labute approximate surface area is 176 Å². The molecule has 1 unspecified atom stereocenters. The molecule has 0 spiro atoms. The fraction of sp³-hybridized carbons (Fsp3) is 0.182. The number of nitrogens with one attached hydrogen (secondary N) is 1. The summed E-state index contributed by atoms with van der Waals surface area (Å²) in [5.41, 5.74) is 1.47. The van der Waals surface area contributed by atoms with Crippen molar-refractivity contribution in [3.05, 3.63) is 87.9 Å². The van der Waals surface area contributed by atoms with Gasteiger partial charge in [-0.1, -0.05) is 35.5 Å². The van der Waals surface area contributed by atoms with Crippen molar-refractivity contribution in [2.75, 3.05) is 6.54 Å². The van der Waals surface area contributed by atoms with E-state index in [4.69, 9.17) is 13.7 Å². The molecule has 1 atom stereocenters. The Balaban J connectivity index is 1.35. The first-order valence-corrected chi connectivity index (χ1v) is 9.51. The maximum atomic E-state index is 12.2. The molecule has 31 heavy (non-hydrogen) atoms. The van der Waals surface area contributed by atoms with E-state index < -0.39 is 17.6 Å². The van der Waals surface area contributed by atoms with E-state index in [2.05, 4.69) is 15.5 Å². The van der Waals surface area contributed by atoms with Crippen molar-refractivity contribution in [1.82, 2.24) is 15.5 Å². The summed E-state index contributed by atoms with van der Waals surface area (Å²) in [6.07, 6.45) is -0.854. The number of aromatic nitrogens is 2. The van der Waals surface area contributed by atoms with Gasteiger partial charge in [-0.15, -0.1) is 0 Å². The summed E-state index contributed by atoms with van der Waals surface area (Å²) in [5.74, 6) is -0.224. The van der Waals surface area contributed by atoms with Crippen LogP contribution in [0, 0.1) is 6.92 Å². The van der Waals surface area contributed by atoms with E-state index in [9.17, 15) is 14.7 Å². The van der Waals surface area contributed by atoms with Gasteiger partial charge < -0.3 is 24.1 Å². The van der Waals surface area contributed by atoms with E-state index in [1.807, 2.05) is 13.0 Å². The lowest BCUT2D eigenvalue weighted by atomic mass is 10.1. The Morgan fingerprint density at radius 2 is 2.00 bits per heavy atom. The molecular weight excluding hydrogens is 402 g/mol. The molecule has 0 saturated heterocycles. The van der Waals surface area contributed by atoms with Crippen molar-refractivity contribution in [2.24, 2.45) is 0 Å². The Kier molecular flexibility index (Phi) is 5.76. The summed E-state index contributed by atoms with van der Waals surface area (Å²) < 4.78 is 15.8. The molecule has 9 heteroatoms. The highest BCUT2D eigenvalue weighted by Gasteiger charge is 2.17. The number of fused-ring (bicyclic) bond motifs is 1. The number of carbonyl (C=O) groups is 1. The molecular formula is C22H19N3O6. The van der Waals surface area contributed by atoms with E-state index in [-0.39, 0.29) is 24.9 Å². The zero-order valence-electron chi connectivity index (χ0n) is 16.6. The molecule has 2 heterocycles. The van der Waals surface area contributed by atoms with Crippen molar-refractivity contribution < 1.29 is 23.6 Å². The molecule has 0 aliphatic rings. The SMILES string of the molecule is Cc1cc(=O)oc2cc(OCc3noc(C(=O)NCC(O)c4ccccc4)n3)ccc12. The topological polar surface area (TPSA) is 128 Å². The number of hydrogen-bond acceptors (Lipinski definition) is 8. The molecule has 158 valence electrons. The lowest BCUT2D eigenvalue weighted by molar-refractivity contribution is 0.0873. The summed E-state index contributed by atoms with van der Waals surface area (Å²) in [6, 6.07) is 15.5. The number of benzene rings is 2. The van der Waals surface area contributed by atoms with Crippen LogP contribution in [-0.2, 0) is 6.61 Å². The Hall–Kier alpha value is -3.98. The van der Waals surface area contributed by atoms with Crippen LogP contribution in [0.1, 0.15) is 33.7 Å². The van der Waals surface area contributed by atoms with Gasteiger partial charge in [0.1, 0.15) is 11.3 Å². The van der Waals surface area contributed by atoms with E-state index in [1.165, 1.54) is 6.07 Å². The summed E-state index contributed by atoms with van der Waals surface area (Å²) in [5, 5.41) is 17.2. The number of aliphatic hydroxyl groups is 1. The van der Waals surface area contributed by atoms with Gasteiger partial charge in [-0.05, 0) is 30.2 Å². The second kappa shape index (κ2) is 8.80. The van der Waals surface area contributed by atoms with E-state index in [0.29, 0.717) is 16.9 Å². The lowest BCUT2D eigenvalue weighted by Gasteiger charge is -2.10. The molecule has 2 aromatic carbocycles. The average molecular weight is 421 g/mol. The number of rotatable bonds is 7. The summed E-state index contributed by atoms with van der Waals surface area (Å²) in [6.45, 7) is 1.77. The van der Waals surface area contributed by atoms with Crippen molar-refractivity contribution >= 4 is 16.9 Å². The molecule has 0 bridgehead atoms. The number of aliphatic hydroxyl groups excluding tert-OH is 1. The predicted octanol–water partition coefficient (Wildman–Crippen LogP) is 2.53. The minimum absolute atomic E-state index is 0.00122. The van der Waals surface area contributed by atoms with Crippen molar-refractivity contribution in [3.8, 4) is 5.75 Å². The highest BCUT2D eigenvalue weighted by molar-refractivity contribution is 5.89. The zero-order chi connectivity index (χ0) is 21.8. The first-order chi connectivity index (χ1) is 15.0. The van der Waals surface area contributed by atoms with Gasteiger partial charge in [0, 0.05) is 24.1 Å². The summed E-state index contributed by atoms with van der Waals surface area (Å²) in [7, 11) is 0. The van der Waals surface area contributed by atoms with Crippen LogP contribution < -0.4 is 15.7 Å². The third kappa shape index (κ3) is 4.78. The molecule has 2 N–H and O–H groups in total. The fourth-order valence-electron chi connectivity index (χ4n) is 3.01. The fourth-order valence-corrected chi connectivity index (χ4v) is 3.01. The Morgan fingerprint density at radius 1 is 1.19 bits per heavy atom.